The molecule has 0 bridgehead atoms. The number of nitrogens with zero attached hydrogens (tertiary/aromatic N) is 2. The van der Waals surface area contributed by atoms with Gasteiger partial charge in [-0.05, 0) is 37.6 Å². The first kappa shape index (κ1) is 20.8. The highest BCUT2D eigenvalue weighted by molar-refractivity contribution is 5.89. The lowest BCUT2D eigenvalue weighted by Gasteiger charge is -2.21. The minimum absolute atomic E-state index is 0.174. The number of anilines is 2. The molecular formula is C21H23N3O4. The maximum absolute atomic E-state index is 12.6. The van der Waals surface area contributed by atoms with Gasteiger partial charge in [0, 0.05) is 24.0 Å². The molecule has 28 heavy (non-hydrogen) atoms. The molecule has 0 spiro atoms. The Bertz CT molecular complexity index is 833. The van der Waals surface area contributed by atoms with Crippen molar-refractivity contribution in [1.82, 2.24) is 0 Å². The van der Waals surface area contributed by atoms with Gasteiger partial charge in [0.15, 0.2) is 0 Å². The standard InChI is InChI=1S/C21H23N3O4/c1-3-16(2)27-20(25)23-17-9-7-12-19(15-17)28-21(26)24(14-8-13-22)18-10-5-4-6-11-18/h4-7,9-12,15-16H,3,8,14H2,1-2H3,(H,23,25). The summed E-state index contributed by atoms with van der Waals surface area (Å²) >= 11 is 0. The van der Waals surface area contributed by atoms with Crippen molar-refractivity contribution >= 4 is 23.6 Å². The molecule has 2 rings (SSSR count). The van der Waals surface area contributed by atoms with E-state index in [1.807, 2.05) is 19.1 Å². The molecular weight excluding hydrogens is 358 g/mol. The van der Waals surface area contributed by atoms with Crippen LogP contribution in [0.25, 0.3) is 0 Å². The number of hydrogen-bond donors (Lipinski definition) is 1. The summed E-state index contributed by atoms with van der Waals surface area (Å²) < 4.78 is 10.6. The molecule has 0 aliphatic heterocycles. The Morgan fingerprint density at radius 2 is 1.93 bits per heavy atom. The minimum Gasteiger partial charge on any atom is -0.446 e. The number of carbonyl (C=O) groups excluding carboxylic acids is 2. The fourth-order valence-corrected chi connectivity index (χ4v) is 2.30. The van der Waals surface area contributed by atoms with Gasteiger partial charge in [-0.2, -0.15) is 5.26 Å². The first-order valence-electron chi connectivity index (χ1n) is 9.02. The molecule has 0 saturated carbocycles. The summed E-state index contributed by atoms with van der Waals surface area (Å²) in [5.41, 5.74) is 1.08. The summed E-state index contributed by atoms with van der Waals surface area (Å²) in [5, 5.41) is 11.5. The molecule has 0 heterocycles. The van der Waals surface area contributed by atoms with E-state index in [0.717, 1.165) is 0 Å². The first-order valence-corrected chi connectivity index (χ1v) is 9.02. The molecule has 1 atom stereocenters. The van der Waals surface area contributed by atoms with E-state index in [1.165, 1.54) is 11.0 Å². The topological polar surface area (TPSA) is 91.7 Å². The van der Waals surface area contributed by atoms with Gasteiger partial charge in [-0.3, -0.25) is 10.2 Å². The Morgan fingerprint density at radius 1 is 1.18 bits per heavy atom. The maximum Gasteiger partial charge on any atom is 0.419 e. The van der Waals surface area contributed by atoms with Crippen LogP contribution in [0.3, 0.4) is 0 Å². The van der Waals surface area contributed by atoms with E-state index in [-0.39, 0.29) is 24.8 Å². The van der Waals surface area contributed by atoms with Crippen LogP contribution >= 0.6 is 0 Å². The third-order valence-electron chi connectivity index (χ3n) is 3.90. The van der Waals surface area contributed by atoms with Crippen LogP contribution in [0.5, 0.6) is 5.75 Å². The van der Waals surface area contributed by atoms with Crippen molar-refractivity contribution in [1.29, 1.82) is 5.26 Å². The van der Waals surface area contributed by atoms with Gasteiger partial charge in [-0.1, -0.05) is 31.2 Å². The number of benzene rings is 2. The summed E-state index contributed by atoms with van der Waals surface area (Å²) in [7, 11) is 0. The molecule has 1 unspecified atom stereocenters. The van der Waals surface area contributed by atoms with Crippen LogP contribution in [0, 0.1) is 11.3 Å². The van der Waals surface area contributed by atoms with Crippen LogP contribution in [0.1, 0.15) is 26.7 Å². The number of nitrogens with one attached hydrogen (secondary N) is 1. The zero-order valence-electron chi connectivity index (χ0n) is 15.9. The fraction of sp³-hybridized carbons (Fsp3) is 0.286. The highest BCUT2D eigenvalue weighted by Gasteiger charge is 2.18. The molecule has 2 amide bonds. The molecule has 7 nitrogen and oxygen atoms in total. The van der Waals surface area contributed by atoms with Crippen molar-refractivity contribution in [2.45, 2.75) is 32.8 Å². The monoisotopic (exact) mass is 381 g/mol. The van der Waals surface area contributed by atoms with E-state index in [9.17, 15) is 9.59 Å². The third-order valence-corrected chi connectivity index (χ3v) is 3.90. The molecule has 146 valence electrons. The lowest BCUT2D eigenvalue weighted by molar-refractivity contribution is 0.118. The average molecular weight is 381 g/mol. The number of ether oxygens (including phenoxy) is 2. The Morgan fingerprint density at radius 3 is 2.61 bits per heavy atom. The second kappa shape index (κ2) is 10.6. The second-order valence-electron chi connectivity index (χ2n) is 6.04. The number of para-hydroxylation sites is 1. The van der Waals surface area contributed by atoms with E-state index in [2.05, 4.69) is 5.32 Å². The highest BCUT2D eigenvalue weighted by atomic mass is 16.6. The van der Waals surface area contributed by atoms with Gasteiger partial charge in [0.2, 0.25) is 0 Å². The van der Waals surface area contributed by atoms with E-state index in [0.29, 0.717) is 17.8 Å². The summed E-state index contributed by atoms with van der Waals surface area (Å²) in [4.78, 5) is 25.9. The van der Waals surface area contributed by atoms with Crippen LogP contribution in [0.2, 0.25) is 0 Å². The fourth-order valence-electron chi connectivity index (χ4n) is 2.30. The van der Waals surface area contributed by atoms with Crippen LogP contribution in [0.15, 0.2) is 54.6 Å². The van der Waals surface area contributed by atoms with Crippen LogP contribution in [0.4, 0.5) is 21.0 Å². The predicted molar refractivity (Wildman–Crippen MR) is 106 cm³/mol. The Kier molecular flexibility index (Phi) is 7.85. The van der Waals surface area contributed by atoms with Crippen molar-refractivity contribution in [3.05, 3.63) is 54.6 Å². The molecule has 0 aromatic heterocycles. The van der Waals surface area contributed by atoms with Gasteiger partial charge in [0.1, 0.15) is 11.9 Å². The van der Waals surface area contributed by atoms with Crippen molar-refractivity contribution in [3.63, 3.8) is 0 Å². The molecule has 0 saturated heterocycles. The van der Waals surface area contributed by atoms with E-state index >= 15 is 0 Å². The van der Waals surface area contributed by atoms with Gasteiger partial charge in [-0.15, -0.1) is 0 Å². The van der Waals surface area contributed by atoms with Crippen molar-refractivity contribution in [3.8, 4) is 11.8 Å². The summed E-state index contributed by atoms with van der Waals surface area (Å²) in [5.74, 6) is 0.268. The van der Waals surface area contributed by atoms with Crippen molar-refractivity contribution < 1.29 is 19.1 Å². The van der Waals surface area contributed by atoms with Crippen LogP contribution in [-0.4, -0.2) is 24.8 Å². The van der Waals surface area contributed by atoms with Gasteiger partial charge in [-0.25, -0.2) is 9.59 Å². The van der Waals surface area contributed by atoms with Gasteiger partial charge in [0.25, 0.3) is 0 Å². The molecule has 0 aliphatic carbocycles. The quantitative estimate of drug-likeness (QED) is 0.732. The normalized spacial score (nSPS) is 11.0. The largest absolute Gasteiger partial charge is 0.446 e. The van der Waals surface area contributed by atoms with Gasteiger partial charge >= 0.3 is 12.2 Å². The smallest absolute Gasteiger partial charge is 0.419 e. The summed E-state index contributed by atoms with van der Waals surface area (Å²) in [6.45, 7) is 3.93. The van der Waals surface area contributed by atoms with E-state index in [1.54, 1.807) is 49.4 Å². The Hall–Kier alpha value is -3.53. The van der Waals surface area contributed by atoms with Crippen LogP contribution in [-0.2, 0) is 4.74 Å². The molecule has 7 heteroatoms. The maximum atomic E-state index is 12.6. The third kappa shape index (κ3) is 6.32. The lowest BCUT2D eigenvalue weighted by Crippen LogP contribution is -2.34. The lowest BCUT2D eigenvalue weighted by atomic mass is 10.3. The summed E-state index contributed by atoms with van der Waals surface area (Å²) in [6.07, 6.45) is -0.491. The molecule has 0 radical (unpaired) electrons. The molecule has 0 fully saturated rings. The molecule has 0 aliphatic rings. The Balaban J connectivity index is 2.07. The first-order chi connectivity index (χ1) is 13.5. The Labute approximate surface area is 164 Å². The molecule has 2 aromatic carbocycles. The zero-order valence-corrected chi connectivity index (χ0v) is 15.9. The SMILES string of the molecule is CCC(C)OC(=O)Nc1cccc(OC(=O)N(CCC#N)c2ccccc2)c1. The molecule has 1 N–H and O–H groups in total. The number of nitriles is 1. The van der Waals surface area contributed by atoms with Crippen molar-refractivity contribution in [2.75, 3.05) is 16.8 Å². The van der Waals surface area contributed by atoms with Crippen molar-refractivity contribution in [2.24, 2.45) is 0 Å². The number of rotatable bonds is 7. The summed E-state index contributed by atoms with van der Waals surface area (Å²) in [6, 6.07) is 17.5. The highest BCUT2D eigenvalue weighted by Crippen LogP contribution is 2.21. The zero-order chi connectivity index (χ0) is 20.4. The van der Waals surface area contributed by atoms with Gasteiger partial charge in [0.05, 0.1) is 12.5 Å². The number of amides is 2. The van der Waals surface area contributed by atoms with E-state index < -0.39 is 12.2 Å². The van der Waals surface area contributed by atoms with E-state index in [4.69, 9.17) is 14.7 Å². The molecule has 2 aromatic rings. The second-order valence-corrected chi connectivity index (χ2v) is 6.04. The predicted octanol–water partition coefficient (Wildman–Crippen LogP) is 4.95. The van der Waals surface area contributed by atoms with Gasteiger partial charge < -0.3 is 9.47 Å². The number of hydrogen-bond acceptors (Lipinski definition) is 5. The van der Waals surface area contributed by atoms with Crippen LogP contribution < -0.4 is 15.0 Å². The number of carbonyl (C=O) groups is 2. The average Bonchev–Trinajstić information content (AvgIpc) is 2.69. The minimum atomic E-state index is -0.610.